The molecule has 0 spiro atoms. The molecule has 0 fully saturated rings. The highest BCUT2D eigenvalue weighted by Gasteiger charge is 2.33. The van der Waals surface area contributed by atoms with Crippen molar-refractivity contribution in [3.05, 3.63) is 29.3 Å². The molecular weight excluding hydrogens is 176 g/mol. The Morgan fingerprint density at radius 1 is 1.43 bits per heavy atom. The number of nitrogens with one attached hydrogen (secondary N) is 1. The number of aryl methyl sites for hydroxylation is 1. The van der Waals surface area contributed by atoms with Crippen molar-refractivity contribution in [2.75, 3.05) is 19.0 Å². The van der Waals surface area contributed by atoms with Gasteiger partial charge in [0.2, 0.25) is 5.91 Å². The summed E-state index contributed by atoms with van der Waals surface area (Å²) >= 11 is 0. The van der Waals surface area contributed by atoms with Crippen LogP contribution >= 0.6 is 0 Å². The number of carbonyl (C=O) groups is 1. The van der Waals surface area contributed by atoms with Gasteiger partial charge in [-0.15, -0.1) is 0 Å². The summed E-state index contributed by atoms with van der Waals surface area (Å²) in [7, 11) is 3.63. The Labute approximate surface area is 83.7 Å². The molecule has 74 valence electrons. The van der Waals surface area contributed by atoms with Crippen LogP contribution in [0.1, 0.15) is 17.2 Å². The Morgan fingerprint density at radius 2 is 2.14 bits per heavy atom. The minimum Gasteiger partial charge on any atom is -0.313 e. The fraction of sp³-hybridized carbons (Fsp3) is 0.364. The van der Waals surface area contributed by atoms with E-state index in [2.05, 4.69) is 5.32 Å². The molecular formula is C11H14N2O. The summed E-state index contributed by atoms with van der Waals surface area (Å²) in [6.07, 6.45) is 0. The van der Waals surface area contributed by atoms with Crippen molar-refractivity contribution >= 4 is 11.6 Å². The molecule has 1 heterocycles. The van der Waals surface area contributed by atoms with Gasteiger partial charge in [0.15, 0.2) is 0 Å². The first kappa shape index (κ1) is 9.21. The van der Waals surface area contributed by atoms with Crippen molar-refractivity contribution < 1.29 is 4.79 Å². The van der Waals surface area contributed by atoms with Gasteiger partial charge in [0, 0.05) is 18.3 Å². The quantitative estimate of drug-likeness (QED) is 0.722. The lowest BCUT2D eigenvalue weighted by Gasteiger charge is -2.10. The van der Waals surface area contributed by atoms with Gasteiger partial charge in [-0.3, -0.25) is 4.79 Å². The molecule has 14 heavy (non-hydrogen) atoms. The first-order valence-electron chi connectivity index (χ1n) is 4.70. The van der Waals surface area contributed by atoms with Gasteiger partial charge in [-0.2, -0.15) is 0 Å². The minimum absolute atomic E-state index is 0.119. The molecule has 3 nitrogen and oxygen atoms in total. The number of amides is 1. The van der Waals surface area contributed by atoms with Crippen LogP contribution in [0.2, 0.25) is 0 Å². The first-order chi connectivity index (χ1) is 6.65. The van der Waals surface area contributed by atoms with E-state index in [-0.39, 0.29) is 11.9 Å². The van der Waals surface area contributed by atoms with Gasteiger partial charge < -0.3 is 10.2 Å². The normalized spacial score (nSPS) is 20.1. The largest absolute Gasteiger partial charge is 0.313 e. The molecule has 1 aliphatic heterocycles. The van der Waals surface area contributed by atoms with E-state index in [0.29, 0.717) is 0 Å². The maximum atomic E-state index is 11.8. The average Bonchev–Trinajstić information content (AvgIpc) is 2.41. The van der Waals surface area contributed by atoms with Crippen LogP contribution in [0.3, 0.4) is 0 Å². The second-order valence-electron chi connectivity index (χ2n) is 3.68. The van der Waals surface area contributed by atoms with Crippen LogP contribution in [0.5, 0.6) is 0 Å². The molecule has 1 aromatic rings. The van der Waals surface area contributed by atoms with Gasteiger partial charge in [-0.25, -0.2) is 0 Å². The lowest BCUT2D eigenvalue weighted by atomic mass is 10.1. The maximum Gasteiger partial charge on any atom is 0.248 e. The van der Waals surface area contributed by atoms with Crippen molar-refractivity contribution in [2.24, 2.45) is 0 Å². The average molecular weight is 190 g/mol. The molecule has 0 aromatic heterocycles. The summed E-state index contributed by atoms with van der Waals surface area (Å²) in [5.74, 6) is 0.119. The Hall–Kier alpha value is -1.35. The Bertz CT molecular complexity index is 387. The lowest BCUT2D eigenvalue weighted by molar-refractivity contribution is -0.119. The van der Waals surface area contributed by atoms with E-state index in [1.807, 2.05) is 39.2 Å². The number of carbonyl (C=O) groups excluding carboxylic acids is 1. The highest BCUT2D eigenvalue weighted by Crippen LogP contribution is 2.34. The van der Waals surface area contributed by atoms with E-state index in [1.54, 1.807) is 4.90 Å². The van der Waals surface area contributed by atoms with E-state index < -0.39 is 0 Å². The summed E-state index contributed by atoms with van der Waals surface area (Å²) in [4.78, 5) is 13.5. The zero-order valence-corrected chi connectivity index (χ0v) is 8.66. The molecule has 0 radical (unpaired) electrons. The number of benzene rings is 1. The summed E-state index contributed by atoms with van der Waals surface area (Å²) in [6, 6.07) is 5.93. The predicted molar refractivity (Wildman–Crippen MR) is 56.4 cm³/mol. The molecule has 1 aromatic carbocycles. The molecule has 3 heteroatoms. The third kappa shape index (κ3) is 1.13. The molecule has 2 rings (SSSR count). The smallest absolute Gasteiger partial charge is 0.248 e. The van der Waals surface area contributed by atoms with Gasteiger partial charge in [-0.1, -0.05) is 12.1 Å². The summed E-state index contributed by atoms with van der Waals surface area (Å²) in [6.45, 7) is 2.03. The van der Waals surface area contributed by atoms with Crippen molar-refractivity contribution in [3.8, 4) is 0 Å². The number of likely N-dealkylation sites (N-methyl/N-ethyl adjacent to an activating group) is 2. The molecule has 1 N–H and O–H groups in total. The number of fused-ring (bicyclic) bond motifs is 1. The molecule has 1 amide bonds. The monoisotopic (exact) mass is 190 g/mol. The molecule has 1 atom stereocenters. The summed E-state index contributed by atoms with van der Waals surface area (Å²) in [5.41, 5.74) is 3.28. The number of hydrogen-bond acceptors (Lipinski definition) is 2. The van der Waals surface area contributed by atoms with Crippen molar-refractivity contribution in [3.63, 3.8) is 0 Å². The standard InChI is InChI=1S/C11H14N2O/c1-7-4-5-8-9(6-7)13(3)11(14)10(8)12-2/h4-6,10,12H,1-3H3. The highest BCUT2D eigenvalue weighted by atomic mass is 16.2. The number of nitrogens with zero attached hydrogens (tertiary/aromatic N) is 1. The van der Waals surface area contributed by atoms with Crippen LogP contribution in [0.25, 0.3) is 0 Å². The van der Waals surface area contributed by atoms with Crippen LogP contribution in [-0.4, -0.2) is 20.0 Å². The fourth-order valence-electron chi connectivity index (χ4n) is 1.91. The third-order valence-electron chi connectivity index (χ3n) is 2.72. The van der Waals surface area contributed by atoms with E-state index in [1.165, 1.54) is 5.56 Å². The van der Waals surface area contributed by atoms with Gasteiger partial charge >= 0.3 is 0 Å². The van der Waals surface area contributed by atoms with Crippen molar-refractivity contribution in [1.82, 2.24) is 5.32 Å². The Kier molecular flexibility index (Phi) is 2.04. The molecule has 0 saturated carbocycles. The van der Waals surface area contributed by atoms with Gasteiger partial charge in [0.25, 0.3) is 0 Å². The van der Waals surface area contributed by atoms with Crippen LogP contribution < -0.4 is 10.2 Å². The zero-order chi connectivity index (χ0) is 10.3. The van der Waals surface area contributed by atoms with E-state index in [9.17, 15) is 4.79 Å². The minimum atomic E-state index is -0.171. The predicted octanol–water partition coefficient (Wildman–Crippen LogP) is 1.23. The Balaban J connectivity index is 2.55. The molecule has 0 bridgehead atoms. The van der Waals surface area contributed by atoms with Crippen molar-refractivity contribution in [1.29, 1.82) is 0 Å². The topological polar surface area (TPSA) is 32.3 Å². The SMILES string of the molecule is CNC1C(=O)N(C)c2cc(C)ccc21. The van der Waals surface area contributed by atoms with Crippen LogP contribution in [0.15, 0.2) is 18.2 Å². The second kappa shape index (κ2) is 3.10. The molecule has 0 saturated heterocycles. The van der Waals surface area contributed by atoms with E-state index >= 15 is 0 Å². The van der Waals surface area contributed by atoms with Crippen molar-refractivity contribution in [2.45, 2.75) is 13.0 Å². The number of rotatable bonds is 1. The lowest BCUT2D eigenvalue weighted by Crippen LogP contribution is -2.30. The fourth-order valence-corrected chi connectivity index (χ4v) is 1.91. The maximum absolute atomic E-state index is 11.8. The van der Waals surface area contributed by atoms with Crippen LogP contribution in [0.4, 0.5) is 5.69 Å². The first-order valence-corrected chi connectivity index (χ1v) is 4.70. The molecule has 0 aliphatic carbocycles. The number of hydrogen-bond donors (Lipinski definition) is 1. The summed E-state index contributed by atoms with van der Waals surface area (Å²) in [5, 5.41) is 3.03. The molecule has 1 aliphatic rings. The Morgan fingerprint density at radius 3 is 2.79 bits per heavy atom. The van der Waals surface area contributed by atoms with Gasteiger partial charge in [0.05, 0.1) is 0 Å². The van der Waals surface area contributed by atoms with E-state index in [4.69, 9.17) is 0 Å². The molecule has 1 unspecified atom stereocenters. The zero-order valence-electron chi connectivity index (χ0n) is 8.66. The number of anilines is 1. The third-order valence-corrected chi connectivity index (χ3v) is 2.72. The highest BCUT2D eigenvalue weighted by molar-refractivity contribution is 6.04. The van der Waals surface area contributed by atoms with E-state index in [0.717, 1.165) is 11.3 Å². The van der Waals surface area contributed by atoms with Crippen LogP contribution in [-0.2, 0) is 4.79 Å². The summed E-state index contributed by atoms with van der Waals surface area (Å²) < 4.78 is 0. The van der Waals surface area contributed by atoms with Gasteiger partial charge in [0.1, 0.15) is 6.04 Å². The van der Waals surface area contributed by atoms with Crippen LogP contribution in [0, 0.1) is 6.92 Å². The van der Waals surface area contributed by atoms with Gasteiger partial charge in [-0.05, 0) is 25.6 Å². The second-order valence-corrected chi connectivity index (χ2v) is 3.68.